The van der Waals surface area contributed by atoms with Crippen molar-refractivity contribution in [2.24, 2.45) is 0 Å². The van der Waals surface area contributed by atoms with Gasteiger partial charge in [-0.1, -0.05) is 0 Å². The fourth-order valence-corrected chi connectivity index (χ4v) is 4.68. The van der Waals surface area contributed by atoms with Crippen molar-refractivity contribution in [3.63, 3.8) is 0 Å². The van der Waals surface area contributed by atoms with Crippen LogP contribution in [0.3, 0.4) is 0 Å². The number of rotatable bonds is 4. The SMILES string of the molecule is O=S(=O)(NCC1(O)CCC1)c1ccc(Br)s1. The third-order valence-electron chi connectivity index (χ3n) is 2.69. The molecule has 2 rings (SSSR count). The van der Waals surface area contributed by atoms with Gasteiger partial charge in [0.05, 0.1) is 9.39 Å². The van der Waals surface area contributed by atoms with Gasteiger partial charge >= 0.3 is 0 Å². The molecule has 1 aromatic heterocycles. The Hall–Kier alpha value is 0.0500. The number of hydrogen-bond acceptors (Lipinski definition) is 4. The monoisotopic (exact) mass is 325 g/mol. The predicted molar refractivity (Wildman–Crippen MR) is 66.0 cm³/mol. The van der Waals surface area contributed by atoms with E-state index in [1.165, 1.54) is 0 Å². The average Bonchev–Trinajstić information content (AvgIpc) is 2.60. The molecule has 2 N–H and O–H groups in total. The molecule has 1 aliphatic rings. The van der Waals surface area contributed by atoms with Crippen LogP contribution < -0.4 is 4.72 Å². The van der Waals surface area contributed by atoms with Gasteiger partial charge in [-0.15, -0.1) is 11.3 Å². The van der Waals surface area contributed by atoms with E-state index in [0.29, 0.717) is 12.8 Å². The lowest BCUT2D eigenvalue weighted by Gasteiger charge is -2.36. The lowest BCUT2D eigenvalue weighted by atomic mass is 9.81. The number of aliphatic hydroxyl groups is 1. The normalized spacial score (nSPS) is 19.4. The number of thiophene rings is 1. The molecule has 1 saturated carbocycles. The number of sulfonamides is 1. The summed E-state index contributed by atoms with van der Waals surface area (Å²) in [6, 6.07) is 3.24. The van der Waals surface area contributed by atoms with Crippen LogP contribution in [0.15, 0.2) is 20.1 Å². The van der Waals surface area contributed by atoms with Gasteiger partial charge in [-0.3, -0.25) is 0 Å². The summed E-state index contributed by atoms with van der Waals surface area (Å²) < 4.78 is 27.1. The molecule has 0 spiro atoms. The van der Waals surface area contributed by atoms with Gasteiger partial charge in [0.2, 0.25) is 10.0 Å². The minimum absolute atomic E-state index is 0.102. The Balaban J connectivity index is 2.03. The predicted octanol–water partition coefficient (Wildman–Crippen LogP) is 1.70. The van der Waals surface area contributed by atoms with E-state index in [2.05, 4.69) is 20.7 Å². The Morgan fingerprint density at radius 1 is 1.50 bits per heavy atom. The van der Waals surface area contributed by atoms with Crippen LogP contribution in [-0.4, -0.2) is 25.7 Å². The summed E-state index contributed by atoms with van der Waals surface area (Å²) in [5.41, 5.74) is -0.832. The van der Waals surface area contributed by atoms with Gasteiger partial charge in [0.25, 0.3) is 0 Å². The molecule has 90 valence electrons. The third-order valence-corrected chi connectivity index (χ3v) is 6.21. The largest absolute Gasteiger partial charge is 0.389 e. The van der Waals surface area contributed by atoms with Crippen LogP contribution >= 0.6 is 27.3 Å². The van der Waals surface area contributed by atoms with Gasteiger partial charge in [0, 0.05) is 6.54 Å². The number of hydrogen-bond donors (Lipinski definition) is 2. The van der Waals surface area contributed by atoms with Crippen LogP contribution in [0.25, 0.3) is 0 Å². The summed E-state index contributed by atoms with van der Waals surface area (Å²) in [5.74, 6) is 0. The van der Waals surface area contributed by atoms with Crippen molar-refractivity contribution >= 4 is 37.3 Å². The van der Waals surface area contributed by atoms with Crippen LogP contribution in [0.1, 0.15) is 19.3 Å². The maximum atomic E-state index is 11.8. The van der Waals surface area contributed by atoms with E-state index in [0.717, 1.165) is 21.5 Å². The number of nitrogens with one attached hydrogen (secondary N) is 1. The van der Waals surface area contributed by atoms with Gasteiger partial charge < -0.3 is 5.11 Å². The van der Waals surface area contributed by atoms with Crippen LogP contribution in [0.2, 0.25) is 0 Å². The first kappa shape index (κ1) is 12.5. The summed E-state index contributed by atoms with van der Waals surface area (Å²) in [5, 5.41) is 9.79. The summed E-state index contributed by atoms with van der Waals surface area (Å²) in [6.45, 7) is 0.102. The lowest BCUT2D eigenvalue weighted by Crippen LogP contribution is -2.47. The van der Waals surface area contributed by atoms with Crippen molar-refractivity contribution in [2.45, 2.75) is 29.1 Å². The maximum Gasteiger partial charge on any atom is 0.250 e. The average molecular weight is 326 g/mol. The fourth-order valence-electron chi connectivity index (χ4n) is 1.50. The second-order valence-corrected chi connectivity index (χ2v) is 8.42. The Morgan fingerprint density at radius 3 is 2.62 bits per heavy atom. The molecule has 0 aromatic carbocycles. The fraction of sp³-hybridized carbons (Fsp3) is 0.556. The van der Waals surface area contributed by atoms with Crippen LogP contribution in [0.5, 0.6) is 0 Å². The molecule has 0 saturated heterocycles. The molecule has 4 nitrogen and oxygen atoms in total. The third kappa shape index (κ3) is 2.65. The highest BCUT2D eigenvalue weighted by molar-refractivity contribution is 9.11. The topological polar surface area (TPSA) is 66.4 Å². The molecule has 0 amide bonds. The molecule has 16 heavy (non-hydrogen) atoms. The Morgan fingerprint density at radius 2 is 2.19 bits per heavy atom. The van der Waals surface area contributed by atoms with Crippen molar-refractivity contribution in [3.05, 3.63) is 15.9 Å². The van der Waals surface area contributed by atoms with Gasteiger partial charge in [-0.25, -0.2) is 13.1 Å². The van der Waals surface area contributed by atoms with E-state index >= 15 is 0 Å². The molecule has 0 unspecified atom stereocenters. The molecule has 1 aliphatic carbocycles. The minimum Gasteiger partial charge on any atom is -0.389 e. The zero-order valence-electron chi connectivity index (χ0n) is 8.44. The second-order valence-electron chi connectivity index (χ2n) is 3.96. The first-order chi connectivity index (χ1) is 7.41. The lowest BCUT2D eigenvalue weighted by molar-refractivity contribution is -0.0270. The standard InChI is InChI=1S/C9H12BrNO3S2/c10-7-2-3-8(15-7)16(13,14)11-6-9(12)4-1-5-9/h2-3,11-12H,1,4-6H2. The number of halogens is 1. The molecular formula is C9H12BrNO3S2. The quantitative estimate of drug-likeness (QED) is 0.885. The smallest absolute Gasteiger partial charge is 0.250 e. The zero-order valence-corrected chi connectivity index (χ0v) is 11.7. The Kier molecular flexibility index (Phi) is 3.42. The van der Waals surface area contributed by atoms with Crippen molar-refractivity contribution < 1.29 is 13.5 Å². The van der Waals surface area contributed by atoms with Crippen LogP contribution in [0, 0.1) is 0 Å². The molecule has 1 aromatic rings. The first-order valence-electron chi connectivity index (χ1n) is 4.89. The van der Waals surface area contributed by atoms with Crippen molar-refractivity contribution in [2.75, 3.05) is 6.54 Å². The van der Waals surface area contributed by atoms with Gasteiger partial charge in [-0.2, -0.15) is 0 Å². The molecule has 7 heteroatoms. The first-order valence-corrected chi connectivity index (χ1v) is 7.98. The molecular weight excluding hydrogens is 314 g/mol. The van der Waals surface area contributed by atoms with Gasteiger partial charge in [-0.05, 0) is 47.3 Å². The molecule has 0 atom stereocenters. The van der Waals surface area contributed by atoms with Crippen LogP contribution in [-0.2, 0) is 10.0 Å². The highest BCUT2D eigenvalue weighted by Gasteiger charge is 2.35. The second kappa shape index (κ2) is 4.38. The molecule has 0 aliphatic heterocycles. The van der Waals surface area contributed by atoms with Crippen molar-refractivity contribution in [3.8, 4) is 0 Å². The van der Waals surface area contributed by atoms with E-state index in [9.17, 15) is 13.5 Å². The van der Waals surface area contributed by atoms with E-state index in [4.69, 9.17) is 0 Å². The summed E-state index contributed by atoms with van der Waals surface area (Å²) in [6.07, 6.45) is 2.30. The Labute approximate surface area is 107 Å². The van der Waals surface area contributed by atoms with Crippen molar-refractivity contribution in [1.29, 1.82) is 0 Å². The zero-order chi connectivity index (χ0) is 11.8. The van der Waals surface area contributed by atoms with Crippen molar-refractivity contribution in [1.82, 2.24) is 4.72 Å². The van der Waals surface area contributed by atoms with Gasteiger partial charge in [0.15, 0.2) is 0 Å². The summed E-state index contributed by atoms with van der Waals surface area (Å²) in [7, 11) is -3.47. The Bertz CT molecular complexity index is 479. The molecule has 0 radical (unpaired) electrons. The summed E-state index contributed by atoms with van der Waals surface area (Å²) in [4.78, 5) is 0. The molecule has 0 bridgehead atoms. The van der Waals surface area contributed by atoms with Gasteiger partial charge in [0.1, 0.15) is 4.21 Å². The maximum absolute atomic E-state index is 11.8. The van der Waals surface area contributed by atoms with Crippen LogP contribution in [0.4, 0.5) is 0 Å². The summed E-state index contributed by atoms with van der Waals surface area (Å²) >= 11 is 4.37. The van der Waals surface area contributed by atoms with E-state index in [-0.39, 0.29) is 10.8 Å². The molecule has 1 heterocycles. The highest BCUT2D eigenvalue weighted by Crippen LogP contribution is 2.31. The van der Waals surface area contributed by atoms with E-state index in [1.807, 2.05) is 0 Å². The molecule has 1 fully saturated rings. The minimum atomic E-state index is -3.47. The van der Waals surface area contributed by atoms with E-state index in [1.54, 1.807) is 12.1 Å². The van der Waals surface area contributed by atoms with E-state index < -0.39 is 15.6 Å². The highest BCUT2D eigenvalue weighted by atomic mass is 79.9.